The molecule has 10 heteroatoms. The van der Waals surface area contributed by atoms with Crippen molar-refractivity contribution in [2.75, 3.05) is 32.1 Å². The van der Waals surface area contributed by atoms with Crippen LogP contribution in [0.5, 0.6) is 5.75 Å². The van der Waals surface area contributed by atoms with Crippen LogP contribution >= 0.6 is 0 Å². The predicted molar refractivity (Wildman–Crippen MR) is 112 cm³/mol. The molecule has 2 aliphatic rings. The third kappa shape index (κ3) is 4.39. The molecule has 1 aliphatic carbocycles. The van der Waals surface area contributed by atoms with Crippen LogP contribution in [0.15, 0.2) is 30.6 Å². The van der Waals surface area contributed by atoms with E-state index in [0.717, 1.165) is 11.3 Å². The number of nitrogens with one attached hydrogen (secondary N) is 1. The van der Waals surface area contributed by atoms with Crippen molar-refractivity contribution in [1.82, 2.24) is 24.3 Å². The van der Waals surface area contributed by atoms with Crippen LogP contribution in [0.3, 0.4) is 0 Å². The van der Waals surface area contributed by atoms with Gasteiger partial charge < -0.3 is 15.0 Å². The first-order valence-electron chi connectivity index (χ1n) is 10.3. The number of halogens is 2. The molecule has 0 radical (unpaired) electrons. The van der Waals surface area contributed by atoms with Crippen molar-refractivity contribution in [3.8, 4) is 17.0 Å². The molecule has 8 nitrogen and oxygen atoms in total. The molecule has 4 heterocycles. The smallest absolute Gasteiger partial charge is 0.260 e. The molecule has 31 heavy (non-hydrogen) atoms. The van der Waals surface area contributed by atoms with E-state index in [0.29, 0.717) is 11.3 Å². The summed E-state index contributed by atoms with van der Waals surface area (Å²) in [5.41, 5.74) is 2.36. The molecule has 2 fully saturated rings. The first-order chi connectivity index (χ1) is 14.8. The highest BCUT2D eigenvalue weighted by Crippen LogP contribution is 2.49. The van der Waals surface area contributed by atoms with Crippen molar-refractivity contribution in [2.24, 2.45) is 13.0 Å². The Balaban J connectivity index is 0.000000334. The molecule has 1 aliphatic heterocycles. The number of aryl methyl sites for hydroxylation is 1. The minimum absolute atomic E-state index is 0.238. The summed E-state index contributed by atoms with van der Waals surface area (Å²) >= 11 is 0. The fourth-order valence-corrected chi connectivity index (χ4v) is 3.51. The first kappa shape index (κ1) is 21.2. The third-order valence-electron chi connectivity index (χ3n) is 5.65. The van der Waals surface area contributed by atoms with Crippen molar-refractivity contribution < 1.29 is 18.3 Å². The molecule has 1 saturated carbocycles. The maximum atomic E-state index is 13.0. The Kier molecular flexibility index (Phi) is 5.65. The van der Waals surface area contributed by atoms with E-state index in [1.807, 2.05) is 12.1 Å². The lowest BCUT2D eigenvalue weighted by Gasteiger charge is -2.28. The number of carbonyl (C=O) groups is 1. The van der Waals surface area contributed by atoms with Crippen molar-refractivity contribution in [2.45, 2.75) is 25.7 Å². The summed E-state index contributed by atoms with van der Waals surface area (Å²) in [6, 6.07) is 5.32. The lowest BCUT2D eigenvalue weighted by atomic mass is 10.1. The number of alkyl halides is 2. The van der Waals surface area contributed by atoms with E-state index in [1.54, 1.807) is 41.8 Å². The summed E-state index contributed by atoms with van der Waals surface area (Å²) in [4.78, 5) is 14.2. The molecule has 1 unspecified atom stereocenters. The van der Waals surface area contributed by atoms with E-state index < -0.39 is 24.2 Å². The van der Waals surface area contributed by atoms with Gasteiger partial charge in [0.05, 0.1) is 18.8 Å². The lowest BCUT2D eigenvalue weighted by Crippen LogP contribution is -2.36. The molecule has 1 atom stereocenters. The molecule has 1 saturated heterocycles. The predicted octanol–water partition coefficient (Wildman–Crippen LogP) is 3.05. The second kappa shape index (κ2) is 8.26. The molecule has 1 amide bonds. The molecule has 3 aromatic heterocycles. The fourth-order valence-electron chi connectivity index (χ4n) is 3.51. The number of hydrogen-bond acceptors (Lipinski definition) is 5. The summed E-state index contributed by atoms with van der Waals surface area (Å²) < 4.78 is 34.5. The van der Waals surface area contributed by atoms with Crippen LogP contribution in [0, 0.1) is 5.92 Å². The average Bonchev–Trinajstić information content (AvgIpc) is 3.01. The normalized spacial score (nSPS) is 19.3. The van der Waals surface area contributed by atoms with Gasteiger partial charge in [-0.1, -0.05) is 6.92 Å². The minimum Gasteiger partial charge on any atom is -0.493 e. The number of ether oxygens (including phenoxy) is 1. The maximum absolute atomic E-state index is 13.0. The Morgan fingerprint density at radius 2 is 2.10 bits per heavy atom. The molecule has 0 spiro atoms. The van der Waals surface area contributed by atoms with E-state index >= 15 is 0 Å². The van der Waals surface area contributed by atoms with Gasteiger partial charge in [-0.05, 0) is 38.2 Å². The van der Waals surface area contributed by atoms with Gasteiger partial charge in [0.2, 0.25) is 5.91 Å². The highest BCUT2D eigenvalue weighted by molar-refractivity contribution is 5.95. The molecular weight excluding hydrogens is 406 g/mol. The van der Waals surface area contributed by atoms with Gasteiger partial charge >= 0.3 is 0 Å². The molecule has 1 N–H and O–H groups in total. The van der Waals surface area contributed by atoms with Crippen molar-refractivity contribution in [3.63, 3.8) is 0 Å². The highest BCUT2D eigenvalue weighted by Gasteiger charge is 2.61. The number of methoxy groups -OCH3 is 1. The lowest BCUT2D eigenvalue weighted by molar-refractivity contribution is -0.119. The SMILES string of the molecule is CCN1CCC1.COc1cnn(C)c1-c1ccn2nc(NC(=O)C3CC3(F)F)cc2c1. The Hall–Kier alpha value is -3.01. The zero-order valence-electron chi connectivity index (χ0n) is 17.8. The van der Waals surface area contributed by atoms with E-state index in [1.165, 1.54) is 26.1 Å². The van der Waals surface area contributed by atoms with Gasteiger partial charge in [0.15, 0.2) is 11.6 Å². The largest absolute Gasteiger partial charge is 0.493 e. The van der Waals surface area contributed by atoms with Gasteiger partial charge in [0.25, 0.3) is 5.92 Å². The number of pyridine rings is 1. The molecule has 0 bridgehead atoms. The maximum Gasteiger partial charge on any atom is 0.260 e. The number of rotatable bonds is 5. The second-order valence-electron chi connectivity index (χ2n) is 7.79. The monoisotopic (exact) mass is 432 g/mol. The number of anilines is 1. The van der Waals surface area contributed by atoms with Gasteiger partial charge in [0, 0.05) is 31.3 Å². The van der Waals surface area contributed by atoms with Crippen LogP contribution < -0.4 is 10.1 Å². The Morgan fingerprint density at radius 1 is 1.35 bits per heavy atom. The summed E-state index contributed by atoms with van der Waals surface area (Å²) in [6.07, 6.45) is 4.36. The first-order valence-corrected chi connectivity index (χ1v) is 10.3. The van der Waals surface area contributed by atoms with Gasteiger partial charge in [-0.2, -0.15) is 10.2 Å². The molecule has 166 valence electrons. The number of hydrogen-bond donors (Lipinski definition) is 1. The van der Waals surface area contributed by atoms with Crippen molar-refractivity contribution >= 4 is 17.2 Å². The molecular formula is C21H26F2N6O2. The summed E-state index contributed by atoms with van der Waals surface area (Å²) in [7, 11) is 3.37. The average molecular weight is 432 g/mol. The summed E-state index contributed by atoms with van der Waals surface area (Å²) in [5.74, 6) is -3.99. The minimum atomic E-state index is -2.90. The third-order valence-corrected chi connectivity index (χ3v) is 5.65. The van der Waals surface area contributed by atoms with Crippen LogP contribution in [0.25, 0.3) is 16.8 Å². The highest BCUT2D eigenvalue weighted by atomic mass is 19.3. The standard InChI is InChI=1S/C16H15F2N5O2.C5H11N/c1-22-14(12(25-2)8-19-22)9-3-4-23-10(5-9)6-13(21-23)20-15(24)11-7-16(11,17)18;1-2-6-4-3-5-6/h3-6,8,11H,7H2,1-2H3,(H,20,21,24);2-5H2,1H3. The zero-order chi connectivity index (χ0) is 22.2. The van der Waals surface area contributed by atoms with Crippen LogP contribution in [0.2, 0.25) is 0 Å². The number of amides is 1. The van der Waals surface area contributed by atoms with E-state index in [2.05, 4.69) is 27.3 Å². The van der Waals surface area contributed by atoms with Crippen molar-refractivity contribution in [1.29, 1.82) is 0 Å². The summed E-state index contributed by atoms with van der Waals surface area (Å²) in [6.45, 7) is 6.14. The second-order valence-corrected chi connectivity index (χ2v) is 7.79. The van der Waals surface area contributed by atoms with Gasteiger partial charge in [-0.3, -0.25) is 9.48 Å². The topological polar surface area (TPSA) is 76.7 Å². The molecule has 5 rings (SSSR count). The number of nitrogens with zero attached hydrogens (tertiary/aromatic N) is 5. The van der Waals surface area contributed by atoms with Crippen LogP contribution in [-0.4, -0.2) is 62.9 Å². The van der Waals surface area contributed by atoms with Crippen LogP contribution in [0.4, 0.5) is 14.6 Å². The number of fused-ring (bicyclic) bond motifs is 1. The van der Waals surface area contributed by atoms with Crippen LogP contribution in [-0.2, 0) is 11.8 Å². The molecule has 3 aromatic rings. The quantitative estimate of drug-likeness (QED) is 0.671. The van der Waals surface area contributed by atoms with Crippen LogP contribution in [0.1, 0.15) is 19.8 Å². The fraction of sp³-hybridized carbons (Fsp3) is 0.476. The zero-order valence-corrected chi connectivity index (χ0v) is 17.8. The molecule has 0 aromatic carbocycles. The van der Waals surface area contributed by atoms with Gasteiger partial charge in [-0.25, -0.2) is 13.3 Å². The van der Waals surface area contributed by atoms with E-state index in [9.17, 15) is 13.6 Å². The number of aromatic nitrogens is 4. The van der Waals surface area contributed by atoms with E-state index in [-0.39, 0.29) is 5.82 Å². The number of likely N-dealkylation sites (tertiary alicyclic amines) is 1. The van der Waals surface area contributed by atoms with Crippen molar-refractivity contribution in [3.05, 3.63) is 30.6 Å². The van der Waals surface area contributed by atoms with E-state index in [4.69, 9.17) is 4.74 Å². The Morgan fingerprint density at radius 3 is 2.65 bits per heavy atom. The summed E-state index contributed by atoms with van der Waals surface area (Å²) in [5, 5.41) is 10.8. The number of carbonyl (C=O) groups excluding carboxylic acids is 1. The Labute approximate surface area is 178 Å². The van der Waals surface area contributed by atoms with Gasteiger partial charge in [-0.15, -0.1) is 0 Å². The Bertz CT molecular complexity index is 1090. The van der Waals surface area contributed by atoms with Gasteiger partial charge in [0.1, 0.15) is 11.6 Å².